The van der Waals surface area contributed by atoms with Gasteiger partial charge in [0.2, 0.25) is 0 Å². The minimum atomic E-state index is 0. The topological polar surface area (TPSA) is 50.9 Å². The molecule has 0 spiro atoms. The average molecular weight is 1060 g/mol. The Morgan fingerprint density at radius 2 is 1.25 bits per heavy atom. The molecule has 0 saturated carbocycles. The summed E-state index contributed by atoms with van der Waals surface area (Å²) in [6.07, 6.45) is 2.87. The largest absolute Gasteiger partial charge is 0.507 e. The first-order valence-corrected chi connectivity index (χ1v) is 23.5. The molecule has 0 aliphatic carbocycles. The quantitative estimate of drug-likeness (QED) is 0.131. The van der Waals surface area contributed by atoms with Gasteiger partial charge in [0.1, 0.15) is 11.6 Å². The number of pyridine rings is 1. The summed E-state index contributed by atoms with van der Waals surface area (Å²) in [5, 5.41) is 12.3. The number of benzene rings is 7. The van der Waals surface area contributed by atoms with Gasteiger partial charge in [-0.25, -0.2) is 4.98 Å². The Morgan fingerprint density at radius 1 is 0.582 bits per heavy atom. The molecule has 67 heavy (non-hydrogen) atoms. The molecule has 0 bridgehead atoms. The van der Waals surface area contributed by atoms with Crippen LogP contribution in [-0.2, 0) is 32.9 Å². The third-order valence-corrected chi connectivity index (χ3v) is 12.8. The zero-order valence-corrected chi connectivity index (χ0v) is 42.4. The maximum Gasteiger partial charge on any atom is 0.148 e. The number of nitrogens with zero attached hydrogens (tertiary/aromatic N) is 3. The molecule has 0 atom stereocenters. The van der Waals surface area contributed by atoms with Crippen LogP contribution in [0.1, 0.15) is 96.4 Å². The molecule has 0 aliphatic heterocycles. The molecule has 2 aromatic heterocycles. The Kier molecular flexibility index (Phi) is 13.7. The number of hydrogen-bond donors (Lipinski definition) is 1. The number of para-hydroxylation sites is 1. The number of imidazole rings is 1. The summed E-state index contributed by atoms with van der Waals surface area (Å²) in [5.74, 6) is 1.81. The van der Waals surface area contributed by atoms with Gasteiger partial charge in [0.25, 0.3) is 0 Å². The smallest absolute Gasteiger partial charge is 0.148 e. The first kappa shape index (κ1) is 47.2. The third kappa shape index (κ3) is 9.74. The van der Waals surface area contributed by atoms with E-state index in [1.807, 2.05) is 6.20 Å². The van der Waals surface area contributed by atoms with Crippen molar-refractivity contribution in [3.05, 3.63) is 192 Å². The number of aromatic hydroxyl groups is 1. The summed E-state index contributed by atoms with van der Waals surface area (Å²) in [6.45, 7) is 20.0. The van der Waals surface area contributed by atoms with E-state index in [9.17, 15) is 5.11 Å². The minimum Gasteiger partial charge on any atom is -0.507 e. The van der Waals surface area contributed by atoms with Gasteiger partial charge >= 0.3 is 0 Å². The second-order valence-electron chi connectivity index (χ2n) is 19.9. The minimum absolute atomic E-state index is 0. The van der Waals surface area contributed by atoms with E-state index in [-0.39, 0.29) is 44.1 Å². The van der Waals surface area contributed by atoms with Crippen LogP contribution in [-0.4, -0.2) is 19.6 Å². The molecule has 340 valence electrons. The summed E-state index contributed by atoms with van der Waals surface area (Å²) >= 11 is 0. The number of hydrogen-bond acceptors (Lipinski definition) is 3. The molecule has 5 heteroatoms. The van der Waals surface area contributed by atoms with Crippen molar-refractivity contribution < 1.29 is 26.2 Å². The van der Waals surface area contributed by atoms with Gasteiger partial charge in [0, 0.05) is 38.5 Å². The molecule has 0 radical (unpaired) electrons. The maximum absolute atomic E-state index is 12.3. The first-order valence-electron chi connectivity index (χ1n) is 23.5. The first-order chi connectivity index (χ1) is 31.7. The molecule has 9 rings (SSSR count). The van der Waals surface area contributed by atoms with Crippen molar-refractivity contribution in [3.8, 4) is 78.6 Å². The molecular weight excluding hydrogens is 998 g/mol. The molecule has 0 fully saturated rings. The summed E-state index contributed by atoms with van der Waals surface area (Å²) in [5.41, 5.74) is 18.5. The predicted octanol–water partition coefficient (Wildman–Crippen LogP) is 16.7. The second-order valence-corrected chi connectivity index (χ2v) is 19.9. The van der Waals surface area contributed by atoms with Crippen LogP contribution < -0.4 is 0 Å². The maximum atomic E-state index is 12.3. The second kappa shape index (κ2) is 19.5. The fourth-order valence-corrected chi connectivity index (χ4v) is 9.16. The Bertz CT molecular complexity index is 3180. The van der Waals surface area contributed by atoms with Crippen LogP contribution in [0.5, 0.6) is 5.75 Å². The number of phenolic OH excluding ortho intramolecular Hbond substituents is 1. The van der Waals surface area contributed by atoms with Crippen molar-refractivity contribution in [2.24, 2.45) is 5.92 Å². The summed E-state index contributed by atoms with van der Waals surface area (Å²) in [6, 6.07) is 60.2. The van der Waals surface area contributed by atoms with Gasteiger partial charge in [-0.05, 0) is 104 Å². The number of fused-ring (bicyclic) bond motifs is 1. The van der Waals surface area contributed by atoms with E-state index in [4.69, 9.17) is 9.97 Å². The average Bonchev–Trinajstić information content (AvgIpc) is 3.71. The van der Waals surface area contributed by atoms with Crippen LogP contribution in [0.3, 0.4) is 0 Å². The van der Waals surface area contributed by atoms with Crippen LogP contribution in [0, 0.1) is 12.0 Å². The van der Waals surface area contributed by atoms with E-state index in [2.05, 4.69) is 231 Å². The van der Waals surface area contributed by atoms with Gasteiger partial charge in [0.15, 0.2) is 0 Å². The Morgan fingerprint density at radius 3 is 1.91 bits per heavy atom. The van der Waals surface area contributed by atoms with E-state index < -0.39 is 0 Å². The van der Waals surface area contributed by atoms with Gasteiger partial charge in [-0.2, -0.15) is 0 Å². The molecule has 0 amide bonds. The van der Waals surface area contributed by atoms with Crippen molar-refractivity contribution in [3.63, 3.8) is 0 Å². The van der Waals surface area contributed by atoms with Crippen LogP contribution in [0.15, 0.2) is 164 Å². The zero-order chi connectivity index (χ0) is 46.3. The molecule has 0 saturated heterocycles. The Balaban J connectivity index is 0.00000608. The standard InChI is InChI=1S/C62H60N3O.Pt/c1-39(2)31-42-23-28-57(54(32-42)45-19-14-11-15-20-45)65-58-22-16-21-52(59(58)64-61(65)55-37-47(40(3)4)36-53(41(5)6)60(55)66)49-33-48(43-17-12-10-13-18-43)34-50(35-49)56-38-46(29-30-63-56)44-24-26-51(27-25-44)62(7,8)9;/h10-30,32-34,36-41,66H,31H2,1-9H3;/q-1;. The van der Waals surface area contributed by atoms with E-state index in [1.165, 1.54) is 11.1 Å². The van der Waals surface area contributed by atoms with E-state index in [1.54, 1.807) is 0 Å². The van der Waals surface area contributed by atoms with Gasteiger partial charge in [-0.15, -0.1) is 23.8 Å². The normalized spacial score (nSPS) is 11.8. The SMILES string of the molecule is CC(C)Cc1ccc(-n2c(-c3cc(C(C)C)cc(C(C)C)c3O)nc3c(-c4[c-]c(-c5cc(-c6ccc(C(C)(C)C)cc6)ccn5)cc(-c5ccccc5)c4)cccc32)c(-c2ccccc2)c1.[Pt]. The predicted molar refractivity (Wildman–Crippen MR) is 277 cm³/mol. The monoisotopic (exact) mass is 1060 g/mol. The third-order valence-electron chi connectivity index (χ3n) is 12.8. The number of aromatic nitrogens is 3. The summed E-state index contributed by atoms with van der Waals surface area (Å²) in [7, 11) is 0. The van der Waals surface area contributed by atoms with Gasteiger partial charge < -0.3 is 5.11 Å². The fourth-order valence-electron chi connectivity index (χ4n) is 9.16. The summed E-state index contributed by atoms with van der Waals surface area (Å²) in [4.78, 5) is 10.6. The van der Waals surface area contributed by atoms with E-state index in [0.717, 1.165) is 95.6 Å². The molecule has 2 heterocycles. The van der Waals surface area contributed by atoms with Crippen molar-refractivity contribution >= 4 is 11.0 Å². The molecule has 0 unspecified atom stereocenters. The Labute approximate surface area is 412 Å². The van der Waals surface area contributed by atoms with Crippen molar-refractivity contribution in [1.29, 1.82) is 0 Å². The van der Waals surface area contributed by atoms with Crippen molar-refractivity contribution in [2.75, 3.05) is 0 Å². The van der Waals surface area contributed by atoms with Gasteiger partial charge in [-0.3, -0.25) is 9.55 Å². The van der Waals surface area contributed by atoms with Gasteiger partial charge in [-0.1, -0.05) is 194 Å². The van der Waals surface area contributed by atoms with Crippen LogP contribution in [0.2, 0.25) is 0 Å². The van der Waals surface area contributed by atoms with Gasteiger partial charge in [0.05, 0.1) is 22.3 Å². The zero-order valence-electron chi connectivity index (χ0n) is 40.1. The molecule has 4 nitrogen and oxygen atoms in total. The van der Waals surface area contributed by atoms with Crippen molar-refractivity contribution in [1.82, 2.24) is 14.5 Å². The Hall–Kier alpha value is -6.35. The number of phenols is 1. The molecule has 7 aromatic carbocycles. The fraction of sp³-hybridized carbons (Fsp3) is 0.226. The molecule has 1 N–H and O–H groups in total. The molecular formula is C62H60N3OPt-. The van der Waals surface area contributed by atoms with Crippen molar-refractivity contribution in [2.45, 2.75) is 86.0 Å². The van der Waals surface area contributed by atoms with E-state index in [0.29, 0.717) is 11.7 Å². The molecule has 9 aromatic rings. The van der Waals surface area contributed by atoms with Crippen LogP contribution in [0.4, 0.5) is 0 Å². The molecule has 0 aliphatic rings. The van der Waals surface area contributed by atoms with Crippen LogP contribution in [0.25, 0.3) is 83.9 Å². The number of rotatable bonds is 11. The summed E-state index contributed by atoms with van der Waals surface area (Å²) < 4.78 is 2.28. The van der Waals surface area contributed by atoms with E-state index >= 15 is 0 Å². The van der Waals surface area contributed by atoms with Crippen LogP contribution >= 0.6 is 0 Å².